The summed E-state index contributed by atoms with van der Waals surface area (Å²) in [5, 5.41) is 3.27. The van der Waals surface area contributed by atoms with Gasteiger partial charge in [0.15, 0.2) is 5.76 Å². The summed E-state index contributed by atoms with van der Waals surface area (Å²) in [6, 6.07) is 11.8. The van der Waals surface area contributed by atoms with Crippen LogP contribution >= 0.6 is 0 Å². The largest absolute Gasteiger partial charge is 0.459 e. The average molecular weight is 371 g/mol. The lowest BCUT2D eigenvalue weighted by Gasteiger charge is -2.23. The van der Waals surface area contributed by atoms with Crippen LogP contribution in [-0.4, -0.2) is 18.4 Å². The maximum atomic E-state index is 12.0. The molecule has 1 atom stereocenters. The molecule has 6 heteroatoms. The molecule has 0 fully saturated rings. The van der Waals surface area contributed by atoms with Gasteiger partial charge in [-0.25, -0.2) is 0 Å². The number of carbonyl (C=O) groups is 2. The van der Waals surface area contributed by atoms with Crippen molar-refractivity contribution >= 4 is 11.8 Å². The lowest BCUT2D eigenvalue weighted by Crippen LogP contribution is -2.46. The van der Waals surface area contributed by atoms with Gasteiger partial charge in [0, 0.05) is 6.04 Å². The van der Waals surface area contributed by atoms with E-state index in [2.05, 4.69) is 61.2 Å². The Kier molecular flexibility index (Phi) is 8.07. The van der Waals surface area contributed by atoms with Crippen molar-refractivity contribution in [2.24, 2.45) is 5.92 Å². The standard InChI is InChI=1S/C21H29N3O3/c1-4-5-7-16-9-11-17(12-10-16)20(15(2)3)22-14-19(25)23-24-21(26)18-8-6-13-27-18/h6,8-13,15,20,22H,4-5,7,14H2,1-3H3,(H,23,25)(H,24,26)/t20-/m0/s1. The van der Waals surface area contributed by atoms with Crippen molar-refractivity contribution in [3.63, 3.8) is 0 Å². The highest BCUT2D eigenvalue weighted by Crippen LogP contribution is 2.22. The molecule has 2 amide bonds. The minimum atomic E-state index is -0.489. The van der Waals surface area contributed by atoms with Crippen molar-refractivity contribution in [2.45, 2.75) is 46.1 Å². The van der Waals surface area contributed by atoms with Gasteiger partial charge in [-0.3, -0.25) is 20.4 Å². The second-order valence-corrected chi connectivity index (χ2v) is 6.93. The molecule has 3 N–H and O–H groups in total. The van der Waals surface area contributed by atoms with Crippen LogP contribution in [0.15, 0.2) is 47.1 Å². The van der Waals surface area contributed by atoms with Gasteiger partial charge in [-0.1, -0.05) is 51.5 Å². The first-order valence-corrected chi connectivity index (χ1v) is 9.46. The highest BCUT2D eigenvalue weighted by atomic mass is 16.3. The number of furan rings is 1. The second kappa shape index (κ2) is 10.5. The summed E-state index contributed by atoms with van der Waals surface area (Å²) < 4.78 is 4.97. The Bertz CT molecular complexity index is 709. The van der Waals surface area contributed by atoms with Gasteiger partial charge in [-0.05, 0) is 42.0 Å². The van der Waals surface area contributed by atoms with E-state index in [1.165, 1.54) is 30.7 Å². The Morgan fingerprint density at radius 2 is 1.81 bits per heavy atom. The molecule has 2 rings (SSSR count). The van der Waals surface area contributed by atoms with E-state index in [0.29, 0.717) is 5.92 Å². The molecule has 1 heterocycles. The topological polar surface area (TPSA) is 83.4 Å². The molecule has 0 saturated heterocycles. The van der Waals surface area contributed by atoms with Gasteiger partial charge in [0.25, 0.3) is 5.91 Å². The molecule has 0 aliphatic heterocycles. The molecular weight excluding hydrogens is 342 g/mol. The molecule has 0 radical (unpaired) electrons. The number of hydrogen-bond acceptors (Lipinski definition) is 4. The second-order valence-electron chi connectivity index (χ2n) is 6.93. The van der Waals surface area contributed by atoms with Crippen molar-refractivity contribution in [1.82, 2.24) is 16.2 Å². The summed E-state index contributed by atoms with van der Waals surface area (Å²) in [6.07, 6.45) is 4.87. The van der Waals surface area contributed by atoms with Crippen molar-refractivity contribution in [3.05, 3.63) is 59.5 Å². The number of aryl methyl sites for hydroxylation is 1. The van der Waals surface area contributed by atoms with Crippen LogP contribution in [0.3, 0.4) is 0 Å². The number of amides is 2. The van der Waals surface area contributed by atoms with Gasteiger partial charge in [-0.2, -0.15) is 0 Å². The summed E-state index contributed by atoms with van der Waals surface area (Å²) in [5.41, 5.74) is 7.21. The normalized spacial score (nSPS) is 12.0. The van der Waals surface area contributed by atoms with E-state index in [4.69, 9.17) is 4.42 Å². The van der Waals surface area contributed by atoms with Crippen LogP contribution in [0.25, 0.3) is 0 Å². The van der Waals surface area contributed by atoms with Gasteiger partial charge in [-0.15, -0.1) is 0 Å². The Morgan fingerprint density at radius 3 is 2.41 bits per heavy atom. The zero-order valence-electron chi connectivity index (χ0n) is 16.2. The molecule has 2 aromatic rings. The van der Waals surface area contributed by atoms with E-state index in [1.54, 1.807) is 6.07 Å². The Balaban J connectivity index is 1.84. The number of hydrazine groups is 1. The molecule has 27 heavy (non-hydrogen) atoms. The number of unbranched alkanes of at least 4 members (excludes halogenated alkanes) is 1. The highest BCUT2D eigenvalue weighted by Gasteiger charge is 2.17. The molecule has 146 valence electrons. The molecule has 1 aromatic carbocycles. The van der Waals surface area contributed by atoms with Crippen LogP contribution in [0, 0.1) is 5.92 Å². The minimum absolute atomic E-state index is 0.0525. The first-order valence-electron chi connectivity index (χ1n) is 9.46. The number of rotatable bonds is 9. The van der Waals surface area contributed by atoms with Gasteiger partial charge >= 0.3 is 5.91 Å². The van der Waals surface area contributed by atoms with Crippen LogP contribution in [0.5, 0.6) is 0 Å². The van der Waals surface area contributed by atoms with E-state index < -0.39 is 5.91 Å². The van der Waals surface area contributed by atoms with Gasteiger partial charge < -0.3 is 9.73 Å². The van der Waals surface area contributed by atoms with E-state index in [0.717, 1.165) is 12.0 Å². The monoisotopic (exact) mass is 371 g/mol. The number of carbonyl (C=O) groups excluding carboxylic acids is 2. The first-order chi connectivity index (χ1) is 13.0. The predicted octanol–water partition coefficient (Wildman–Crippen LogP) is 3.37. The molecule has 0 unspecified atom stereocenters. The van der Waals surface area contributed by atoms with Crippen LogP contribution < -0.4 is 16.2 Å². The van der Waals surface area contributed by atoms with E-state index in [1.807, 2.05) is 0 Å². The van der Waals surface area contributed by atoms with Gasteiger partial charge in [0.05, 0.1) is 12.8 Å². The van der Waals surface area contributed by atoms with E-state index in [-0.39, 0.29) is 24.3 Å². The summed E-state index contributed by atoms with van der Waals surface area (Å²) in [4.78, 5) is 23.8. The van der Waals surface area contributed by atoms with Gasteiger partial charge in [0.1, 0.15) is 0 Å². The van der Waals surface area contributed by atoms with Crippen molar-refractivity contribution < 1.29 is 14.0 Å². The maximum Gasteiger partial charge on any atom is 0.305 e. The molecule has 1 aromatic heterocycles. The van der Waals surface area contributed by atoms with Crippen LogP contribution in [0.4, 0.5) is 0 Å². The Hall–Kier alpha value is -2.60. The third-order valence-corrected chi connectivity index (χ3v) is 4.37. The molecule has 0 bridgehead atoms. The summed E-state index contributed by atoms with van der Waals surface area (Å²) in [5.74, 6) is -0.347. The summed E-state index contributed by atoms with van der Waals surface area (Å²) >= 11 is 0. The lowest BCUT2D eigenvalue weighted by molar-refractivity contribution is -0.121. The van der Waals surface area contributed by atoms with E-state index in [9.17, 15) is 9.59 Å². The number of hydrogen-bond donors (Lipinski definition) is 3. The maximum absolute atomic E-state index is 12.0. The highest BCUT2D eigenvalue weighted by molar-refractivity contribution is 5.93. The lowest BCUT2D eigenvalue weighted by atomic mass is 9.94. The molecule has 0 aliphatic carbocycles. The SMILES string of the molecule is CCCCc1ccc([C@@H](NCC(=O)NNC(=O)c2ccco2)C(C)C)cc1. The summed E-state index contributed by atoms with van der Waals surface area (Å²) in [6.45, 7) is 6.51. The molecule has 0 spiro atoms. The van der Waals surface area contributed by atoms with Crippen LogP contribution in [-0.2, 0) is 11.2 Å². The minimum Gasteiger partial charge on any atom is -0.459 e. The fraction of sp³-hybridized carbons (Fsp3) is 0.429. The number of benzene rings is 1. The average Bonchev–Trinajstić information content (AvgIpc) is 3.20. The van der Waals surface area contributed by atoms with Crippen molar-refractivity contribution in [2.75, 3.05) is 6.54 Å². The first kappa shape index (κ1) is 20.7. The van der Waals surface area contributed by atoms with Crippen molar-refractivity contribution in [1.29, 1.82) is 0 Å². The predicted molar refractivity (Wildman–Crippen MR) is 105 cm³/mol. The molecule has 0 saturated carbocycles. The number of nitrogens with one attached hydrogen (secondary N) is 3. The third-order valence-electron chi connectivity index (χ3n) is 4.37. The quantitative estimate of drug-likeness (QED) is 0.590. The summed E-state index contributed by atoms with van der Waals surface area (Å²) in [7, 11) is 0. The smallest absolute Gasteiger partial charge is 0.305 e. The van der Waals surface area contributed by atoms with Crippen molar-refractivity contribution in [3.8, 4) is 0 Å². The van der Waals surface area contributed by atoms with Crippen LogP contribution in [0.2, 0.25) is 0 Å². The Labute approximate surface area is 160 Å². The van der Waals surface area contributed by atoms with Crippen LogP contribution in [0.1, 0.15) is 61.3 Å². The van der Waals surface area contributed by atoms with E-state index >= 15 is 0 Å². The third kappa shape index (κ3) is 6.57. The molecule has 0 aliphatic rings. The van der Waals surface area contributed by atoms with Gasteiger partial charge in [0.2, 0.25) is 0 Å². The Morgan fingerprint density at radius 1 is 1.07 bits per heavy atom. The fourth-order valence-corrected chi connectivity index (χ4v) is 2.85. The molecular formula is C21H29N3O3. The fourth-order valence-electron chi connectivity index (χ4n) is 2.85. The molecule has 6 nitrogen and oxygen atoms in total. The zero-order valence-corrected chi connectivity index (χ0v) is 16.2. The zero-order chi connectivity index (χ0) is 19.6.